The highest BCUT2D eigenvalue weighted by Gasteiger charge is 2.41. The van der Waals surface area contributed by atoms with Crippen LogP contribution < -0.4 is 9.64 Å². The van der Waals surface area contributed by atoms with E-state index < -0.39 is 5.60 Å². The van der Waals surface area contributed by atoms with Gasteiger partial charge in [0.05, 0.1) is 0 Å². The normalized spacial score (nSPS) is 19.6. The molecule has 6 rings (SSSR count). The van der Waals surface area contributed by atoms with Crippen molar-refractivity contribution in [2.75, 3.05) is 11.4 Å². The number of hydrogen-bond donors (Lipinski definition) is 0. The first-order valence-electron chi connectivity index (χ1n) is 20.1. The van der Waals surface area contributed by atoms with Gasteiger partial charge in [0.15, 0.2) is 11.3 Å². The molecule has 59 heavy (non-hydrogen) atoms. The number of nitriles is 3. The standard InChI is InChI=1S/C50H51N7O2/c1-48(2,3)39-28-36(21-25-42-41(32-53)47(38(30-51)31-52)59-50(42,6)7)46(58-40-23-19-34(20-24-40)16-13-27-55-56-54)37(29-39)22-26-45-49(4,5)43-17-11-12-18-44(43)57(45)33-35-14-9-8-10-15-35/h8-12,14-15,17-26,39H,13,16,27-29,33H2,1-7H3/b25-21+,37-22+,45-26-. The van der Waals surface area contributed by atoms with Crippen LogP contribution in [0.1, 0.15) is 84.4 Å². The van der Waals surface area contributed by atoms with E-state index in [1.54, 1.807) is 0 Å². The maximum absolute atomic E-state index is 10.3. The second kappa shape index (κ2) is 17.4. The molecule has 9 heteroatoms. The number of azide groups is 1. The van der Waals surface area contributed by atoms with Gasteiger partial charge >= 0.3 is 0 Å². The lowest BCUT2D eigenvalue weighted by Crippen LogP contribution is -2.27. The topological polar surface area (TPSA) is 142 Å². The molecule has 0 spiro atoms. The molecule has 9 nitrogen and oxygen atoms in total. The summed E-state index contributed by atoms with van der Waals surface area (Å²) in [5.74, 6) is 1.70. The fourth-order valence-corrected chi connectivity index (χ4v) is 8.19. The van der Waals surface area contributed by atoms with Gasteiger partial charge in [-0.25, -0.2) is 0 Å². The molecule has 3 aromatic carbocycles. The Hall–Kier alpha value is -6.72. The van der Waals surface area contributed by atoms with E-state index >= 15 is 0 Å². The molecule has 3 aliphatic rings. The van der Waals surface area contributed by atoms with Crippen LogP contribution in [0, 0.1) is 45.3 Å². The van der Waals surface area contributed by atoms with Gasteiger partial charge in [0.25, 0.3) is 0 Å². The molecule has 0 amide bonds. The summed E-state index contributed by atoms with van der Waals surface area (Å²) in [5.41, 5.74) is 16.0. The van der Waals surface area contributed by atoms with Gasteiger partial charge in [-0.15, -0.1) is 0 Å². The highest BCUT2D eigenvalue weighted by atomic mass is 16.5. The van der Waals surface area contributed by atoms with Gasteiger partial charge < -0.3 is 14.4 Å². The van der Waals surface area contributed by atoms with E-state index in [0.29, 0.717) is 17.9 Å². The first kappa shape index (κ1) is 41.9. The number of para-hydroxylation sites is 1. The van der Waals surface area contributed by atoms with Crippen molar-refractivity contribution < 1.29 is 9.47 Å². The first-order valence-corrected chi connectivity index (χ1v) is 20.1. The maximum atomic E-state index is 10.3. The molecule has 0 radical (unpaired) electrons. The van der Waals surface area contributed by atoms with Crippen LogP contribution in [0.4, 0.5) is 5.69 Å². The second-order valence-electron chi connectivity index (χ2n) is 17.4. The van der Waals surface area contributed by atoms with E-state index in [1.165, 1.54) is 22.5 Å². The summed E-state index contributed by atoms with van der Waals surface area (Å²) >= 11 is 0. The Labute approximate surface area is 348 Å². The zero-order valence-electron chi connectivity index (χ0n) is 35.1. The molecule has 0 saturated heterocycles. The zero-order valence-corrected chi connectivity index (χ0v) is 35.1. The monoisotopic (exact) mass is 781 g/mol. The van der Waals surface area contributed by atoms with E-state index in [2.05, 4.69) is 116 Å². The number of anilines is 1. The number of allylic oxidation sites excluding steroid dienone is 8. The molecule has 0 fully saturated rings. The predicted octanol–water partition coefficient (Wildman–Crippen LogP) is 12.3. The van der Waals surface area contributed by atoms with E-state index in [0.717, 1.165) is 54.7 Å². The highest BCUT2D eigenvalue weighted by Crippen LogP contribution is 2.49. The van der Waals surface area contributed by atoms with Gasteiger partial charge in [-0.1, -0.05) is 119 Å². The number of nitrogens with zero attached hydrogens (tertiary/aromatic N) is 7. The van der Waals surface area contributed by atoms with Crippen LogP contribution in [0.25, 0.3) is 10.4 Å². The SMILES string of the molecule is CC1(C)OC(=C(C#N)C#N)C(C#N)=C1/C=C/C1=C(Oc2ccc(CCCN=[N+]=[N-])cc2)C(=C/C=C2\N(Cc3ccccc3)c3ccccc3C2(C)C)/CC(C(C)(C)C)C1. The molecular formula is C50H51N7O2. The third kappa shape index (κ3) is 9.05. The molecule has 1 aliphatic carbocycles. The molecule has 2 heterocycles. The summed E-state index contributed by atoms with van der Waals surface area (Å²) in [4.78, 5) is 5.30. The summed E-state index contributed by atoms with van der Waals surface area (Å²) in [6.07, 6.45) is 11.5. The molecule has 2 aliphatic heterocycles. The molecular weight excluding hydrogens is 731 g/mol. The fraction of sp³-hybridized carbons (Fsp3) is 0.340. The molecule has 0 saturated carbocycles. The minimum atomic E-state index is -0.960. The predicted molar refractivity (Wildman–Crippen MR) is 232 cm³/mol. The van der Waals surface area contributed by atoms with E-state index in [1.807, 2.05) is 68.5 Å². The quantitative estimate of drug-likeness (QED) is 0.0623. The van der Waals surface area contributed by atoms with Gasteiger partial charge in [0.1, 0.15) is 40.9 Å². The smallest absolute Gasteiger partial charge is 0.172 e. The van der Waals surface area contributed by atoms with Crippen molar-refractivity contribution in [3.8, 4) is 24.0 Å². The second-order valence-corrected chi connectivity index (χ2v) is 17.4. The summed E-state index contributed by atoms with van der Waals surface area (Å²) in [7, 11) is 0. The lowest BCUT2D eigenvalue weighted by Gasteiger charge is -2.36. The van der Waals surface area contributed by atoms with E-state index in [9.17, 15) is 15.8 Å². The van der Waals surface area contributed by atoms with Gasteiger partial charge in [-0.2, -0.15) is 15.8 Å². The molecule has 0 aromatic heterocycles. The molecule has 298 valence electrons. The Morgan fingerprint density at radius 1 is 0.915 bits per heavy atom. The van der Waals surface area contributed by atoms with Gasteiger partial charge in [0, 0.05) is 40.4 Å². The summed E-state index contributed by atoms with van der Waals surface area (Å²) in [6.45, 7) is 16.2. The van der Waals surface area contributed by atoms with Crippen molar-refractivity contribution in [3.05, 3.63) is 175 Å². The Morgan fingerprint density at radius 2 is 1.61 bits per heavy atom. The van der Waals surface area contributed by atoms with Gasteiger partial charge in [0.2, 0.25) is 0 Å². The minimum absolute atomic E-state index is 0.00998. The third-order valence-corrected chi connectivity index (χ3v) is 11.6. The Kier molecular flexibility index (Phi) is 12.4. The van der Waals surface area contributed by atoms with E-state index in [4.69, 9.17) is 15.0 Å². The van der Waals surface area contributed by atoms with Crippen LogP contribution in [0.3, 0.4) is 0 Å². The Balaban J connectivity index is 1.51. The van der Waals surface area contributed by atoms with Crippen molar-refractivity contribution >= 4 is 5.69 Å². The van der Waals surface area contributed by atoms with E-state index in [-0.39, 0.29) is 33.7 Å². The summed E-state index contributed by atoms with van der Waals surface area (Å²) in [5, 5.41) is 33.3. The van der Waals surface area contributed by atoms with Crippen molar-refractivity contribution in [1.29, 1.82) is 15.8 Å². The Bertz CT molecular complexity index is 2450. The van der Waals surface area contributed by atoms with Crippen molar-refractivity contribution in [1.82, 2.24) is 0 Å². The molecule has 3 aromatic rings. The number of rotatable bonds is 11. The number of ether oxygens (including phenoxy) is 2. The number of hydrogen-bond acceptors (Lipinski definition) is 7. The molecule has 1 atom stereocenters. The zero-order chi connectivity index (χ0) is 42.4. The highest BCUT2D eigenvalue weighted by molar-refractivity contribution is 5.71. The average Bonchev–Trinajstić information content (AvgIpc) is 3.60. The van der Waals surface area contributed by atoms with Gasteiger partial charge in [-0.3, -0.25) is 0 Å². The number of benzene rings is 3. The molecule has 1 unspecified atom stereocenters. The van der Waals surface area contributed by atoms with Crippen molar-refractivity contribution in [2.24, 2.45) is 16.4 Å². The third-order valence-electron chi connectivity index (χ3n) is 11.6. The van der Waals surface area contributed by atoms with Crippen LogP contribution in [-0.4, -0.2) is 12.1 Å². The minimum Gasteiger partial charge on any atom is -0.480 e. The molecule has 0 bridgehead atoms. The number of aryl methyl sites for hydroxylation is 1. The van der Waals surface area contributed by atoms with Gasteiger partial charge in [-0.05, 0) is 109 Å². The summed E-state index contributed by atoms with van der Waals surface area (Å²) in [6, 6.07) is 33.2. The van der Waals surface area contributed by atoms with Crippen LogP contribution in [0.5, 0.6) is 5.75 Å². The lowest BCUT2D eigenvalue weighted by molar-refractivity contribution is 0.0954. The Morgan fingerprint density at radius 3 is 2.27 bits per heavy atom. The summed E-state index contributed by atoms with van der Waals surface area (Å²) < 4.78 is 13.1. The van der Waals surface area contributed by atoms with Crippen LogP contribution in [0.2, 0.25) is 0 Å². The lowest BCUT2D eigenvalue weighted by atomic mass is 9.70. The van der Waals surface area contributed by atoms with Crippen LogP contribution >= 0.6 is 0 Å². The maximum Gasteiger partial charge on any atom is 0.172 e. The first-order chi connectivity index (χ1) is 28.2. The average molecular weight is 782 g/mol. The van der Waals surface area contributed by atoms with Crippen LogP contribution in [0.15, 0.2) is 153 Å². The fourth-order valence-electron chi connectivity index (χ4n) is 8.19. The van der Waals surface area contributed by atoms with Crippen molar-refractivity contribution in [3.63, 3.8) is 0 Å². The van der Waals surface area contributed by atoms with Crippen molar-refractivity contribution in [2.45, 2.75) is 91.7 Å². The molecule has 0 N–H and O–H groups in total. The largest absolute Gasteiger partial charge is 0.480 e. The number of fused-ring (bicyclic) bond motifs is 1. The van der Waals surface area contributed by atoms with Crippen LogP contribution in [-0.2, 0) is 23.1 Å².